The topological polar surface area (TPSA) is 102 Å². The smallest absolute Gasteiger partial charge is 0.210 e. The maximum Gasteiger partial charge on any atom is 0.210 e. The lowest BCUT2D eigenvalue weighted by Gasteiger charge is -2.17. The minimum atomic E-state index is -0.373. The molecule has 0 atom stereocenters. The first-order chi connectivity index (χ1) is 11.9. The molecule has 0 unspecified atom stereocenters. The van der Waals surface area contributed by atoms with Crippen LogP contribution in [0.5, 0.6) is 11.5 Å². The Kier molecular flexibility index (Phi) is 4.26. The third-order valence-corrected chi connectivity index (χ3v) is 3.71. The van der Waals surface area contributed by atoms with Gasteiger partial charge in [0.2, 0.25) is 5.78 Å². The van der Waals surface area contributed by atoms with Crippen molar-refractivity contribution in [3.05, 3.63) is 71.6 Å². The van der Waals surface area contributed by atoms with Gasteiger partial charge in [-0.15, -0.1) is 0 Å². The van der Waals surface area contributed by atoms with Crippen LogP contribution in [-0.2, 0) is 4.79 Å². The number of Topliss-reactive ketones (excluding diaryl/α,β-unsaturated/α-hetero) is 1. The van der Waals surface area contributed by atoms with Crippen LogP contribution in [0.3, 0.4) is 0 Å². The predicted octanol–water partition coefficient (Wildman–Crippen LogP) is 3.58. The number of nitrogens with one attached hydrogen (secondary N) is 1. The lowest BCUT2D eigenvalue weighted by atomic mass is 9.99. The highest BCUT2D eigenvalue weighted by atomic mass is 16.3. The predicted molar refractivity (Wildman–Crippen MR) is 95.4 cm³/mol. The van der Waals surface area contributed by atoms with Crippen LogP contribution >= 0.6 is 0 Å². The summed E-state index contributed by atoms with van der Waals surface area (Å²) < 4.78 is 0. The first-order valence-electron chi connectivity index (χ1n) is 7.54. The lowest BCUT2D eigenvalue weighted by Crippen LogP contribution is -2.22. The van der Waals surface area contributed by atoms with Gasteiger partial charge < -0.3 is 20.6 Å². The van der Waals surface area contributed by atoms with Gasteiger partial charge in [-0.3, -0.25) is 4.79 Å². The number of ketones is 1. The second-order valence-corrected chi connectivity index (χ2v) is 5.55. The summed E-state index contributed by atoms with van der Waals surface area (Å²) in [6.45, 7) is 1.52. The van der Waals surface area contributed by atoms with Crippen molar-refractivity contribution < 1.29 is 20.1 Å². The van der Waals surface area contributed by atoms with Gasteiger partial charge in [-0.2, -0.15) is 0 Å². The molecule has 126 valence electrons. The number of hydrogen-bond donors (Lipinski definition) is 4. The molecule has 1 aliphatic rings. The number of aliphatic hydroxyl groups is 1. The van der Waals surface area contributed by atoms with E-state index in [-0.39, 0.29) is 34.3 Å². The van der Waals surface area contributed by atoms with E-state index < -0.39 is 0 Å². The quantitative estimate of drug-likeness (QED) is 0.507. The van der Waals surface area contributed by atoms with E-state index >= 15 is 0 Å². The van der Waals surface area contributed by atoms with Gasteiger partial charge in [0.15, 0.2) is 0 Å². The van der Waals surface area contributed by atoms with Crippen LogP contribution in [0.2, 0.25) is 0 Å². The second kappa shape index (κ2) is 6.52. The zero-order valence-corrected chi connectivity index (χ0v) is 13.4. The van der Waals surface area contributed by atoms with Gasteiger partial charge in [-0.05, 0) is 61.5 Å². The fourth-order valence-electron chi connectivity index (χ4n) is 2.32. The highest BCUT2D eigenvalue weighted by molar-refractivity contribution is 6.51. The number of nitrogens with zero attached hydrogens (tertiary/aromatic N) is 1. The minimum Gasteiger partial charge on any atom is -0.508 e. The Morgan fingerprint density at radius 3 is 2.04 bits per heavy atom. The molecule has 0 heterocycles. The van der Waals surface area contributed by atoms with Crippen molar-refractivity contribution in [2.75, 3.05) is 5.32 Å². The van der Waals surface area contributed by atoms with E-state index in [0.29, 0.717) is 17.1 Å². The summed E-state index contributed by atoms with van der Waals surface area (Å²) in [5, 5.41) is 31.9. The summed E-state index contributed by atoms with van der Waals surface area (Å²) >= 11 is 0. The van der Waals surface area contributed by atoms with Crippen LogP contribution < -0.4 is 5.32 Å². The molecule has 0 aliphatic heterocycles. The zero-order valence-electron chi connectivity index (χ0n) is 13.4. The highest BCUT2D eigenvalue weighted by Gasteiger charge is 2.24. The Balaban J connectivity index is 1.96. The summed E-state index contributed by atoms with van der Waals surface area (Å²) in [5.41, 5.74) is 1.83. The van der Waals surface area contributed by atoms with Gasteiger partial charge in [-0.1, -0.05) is 0 Å². The number of aliphatic imine (C=N–C) groups is 1. The molecule has 0 fully saturated rings. The monoisotopic (exact) mass is 336 g/mol. The van der Waals surface area contributed by atoms with Gasteiger partial charge in [0, 0.05) is 11.3 Å². The average molecular weight is 336 g/mol. The van der Waals surface area contributed by atoms with E-state index in [2.05, 4.69) is 10.3 Å². The normalized spacial score (nSPS) is 16.1. The molecule has 0 amide bonds. The number of aromatic hydroxyl groups is 2. The molecule has 0 aromatic heterocycles. The van der Waals surface area contributed by atoms with Crippen molar-refractivity contribution in [1.29, 1.82) is 0 Å². The van der Waals surface area contributed by atoms with E-state index in [1.807, 2.05) is 0 Å². The Morgan fingerprint density at radius 2 is 1.44 bits per heavy atom. The number of phenols is 2. The molecule has 2 aromatic carbocycles. The van der Waals surface area contributed by atoms with E-state index in [4.69, 9.17) is 0 Å². The Bertz CT molecular complexity index is 907. The molecule has 1 aliphatic carbocycles. The van der Waals surface area contributed by atoms with Crippen molar-refractivity contribution in [3.63, 3.8) is 0 Å². The van der Waals surface area contributed by atoms with E-state index in [0.717, 1.165) is 0 Å². The van der Waals surface area contributed by atoms with Crippen molar-refractivity contribution in [3.8, 4) is 11.5 Å². The van der Waals surface area contributed by atoms with Crippen molar-refractivity contribution >= 4 is 22.9 Å². The number of allylic oxidation sites excluding steroid dienone is 2. The molecule has 6 heteroatoms. The maximum absolute atomic E-state index is 12.3. The van der Waals surface area contributed by atoms with Crippen LogP contribution in [0.1, 0.15) is 6.92 Å². The lowest BCUT2D eigenvalue weighted by molar-refractivity contribution is -0.109. The SMILES string of the molecule is CC1=C(O)C(Nc2ccc(O)cc2)=CC(=Nc2ccc(O)cc2)C1=O. The number of aliphatic hydroxyl groups excluding tert-OH is 1. The molecule has 3 rings (SSSR count). The minimum absolute atomic E-state index is 0.109. The summed E-state index contributed by atoms with van der Waals surface area (Å²) in [6, 6.07) is 12.4. The fourth-order valence-corrected chi connectivity index (χ4v) is 2.32. The Morgan fingerprint density at radius 1 is 0.880 bits per heavy atom. The number of anilines is 1. The summed E-state index contributed by atoms with van der Waals surface area (Å²) in [6.07, 6.45) is 1.46. The first kappa shape index (κ1) is 16.3. The van der Waals surface area contributed by atoms with E-state index in [1.54, 1.807) is 24.3 Å². The summed E-state index contributed by atoms with van der Waals surface area (Å²) in [5.74, 6) is -0.286. The third-order valence-electron chi connectivity index (χ3n) is 3.71. The third kappa shape index (κ3) is 3.53. The largest absolute Gasteiger partial charge is 0.508 e. The van der Waals surface area contributed by atoms with Gasteiger partial charge in [0.25, 0.3) is 0 Å². The van der Waals surface area contributed by atoms with E-state index in [9.17, 15) is 20.1 Å². The second-order valence-electron chi connectivity index (χ2n) is 5.55. The molecule has 6 nitrogen and oxygen atoms in total. The number of benzene rings is 2. The zero-order chi connectivity index (χ0) is 18.0. The van der Waals surface area contributed by atoms with Gasteiger partial charge in [-0.25, -0.2) is 4.99 Å². The maximum atomic E-state index is 12.3. The molecule has 0 spiro atoms. The van der Waals surface area contributed by atoms with Crippen LogP contribution in [0.4, 0.5) is 11.4 Å². The van der Waals surface area contributed by atoms with Gasteiger partial charge >= 0.3 is 0 Å². The Hall–Kier alpha value is -3.54. The van der Waals surface area contributed by atoms with Crippen LogP contribution in [-0.4, -0.2) is 26.8 Å². The number of carbonyl (C=O) groups excluding carboxylic acids is 1. The number of hydrogen-bond acceptors (Lipinski definition) is 6. The van der Waals surface area contributed by atoms with Crippen molar-refractivity contribution in [2.45, 2.75) is 6.92 Å². The molecule has 0 saturated heterocycles. The van der Waals surface area contributed by atoms with Crippen LogP contribution in [0.15, 0.2) is 76.6 Å². The molecule has 2 aromatic rings. The number of phenolic OH excluding ortho intramolecular Hbond substituents is 2. The van der Waals surface area contributed by atoms with E-state index in [1.165, 1.54) is 37.3 Å². The molecule has 25 heavy (non-hydrogen) atoms. The molecular formula is C19H16N2O4. The fraction of sp³-hybridized carbons (Fsp3) is 0.0526. The van der Waals surface area contributed by atoms with Crippen LogP contribution in [0, 0.1) is 0 Å². The Labute approximate surface area is 144 Å². The molecular weight excluding hydrogens is 320 g/mol. The molecule has 0 radical (unpaired) electrons. The summed E-state index contributed by atoms with van der Waals surface area (Å²) in [4.78, 5) is 16.6. The van der Waals surface area contributed by atoms with Crippen molar-refractivity contribution in [1.82, 2.24) is 0 Å². The molecule has 0 bridgehead atoms. The number of carbonyl (C=O) groups is 1. The summed E-state index contributed by atoms with van der Waals surface area (Å²) in [7, 11) is 0. The van der Waals surface area contributed by atoms with Crippen molar-refractivity contribution in [2.24, 2.45) is 4.99 Å². The van der Waals surface area contributed by atoms with Crippen LogP contribution in [0.25, 0.3) is 0 Å². The molecule has 0 saturated carbocycles. The van der Waals surface area contributed by atoms with Gasteiger partial charge in [0.05, 0.1) is 11.4 Å². The standard InChI is InChI=1S/C19H16N2O4/c1-11-18(24)16(20-12-2-6-14(22)7-3-12)10-17(19(11)25)21-13-4-8-15(23)9-5-13/h2-10,20,22-24H,1H3. The van der Waals surface area contributed by atoms with Gasteiger partial charge in [0.1, 0.15) is 23.0 Å². The molecule has 4 N–H and O–H groups in total. The average Bonchev–Trinajstić information content (AvgIpc) is 2.61. The highest BCUT2D eigenvalue weighted by Crippen LogP contribution is 2.25. The number of rotatable bonds is 3. The first-order valence-corrected chi connectivity index (χ1v) is 7.54.